The minimum Gasteiger partial charge on any atom is -0.465 e. The molecule has 2 aliphatic rings. The maximum atomic E-state index is 12.6. The van der Waals surface area contributed by atoms with E-state index < -0.39 is 0 Å². The highest BCUT2D eigenvalue weighted by molar-refractivity contribution is 5.80. The van der Waals surface area contributed by atoms with Crippen LogP contribution in [0, 0.1) is 12.3 Å². The molecule has 0 bridgehead atoms. The first-order chi connectivity index (χ1) is 12.3. The van der Waals surface area contributed by atoms with Crippen LogP contribution in [0.5, 0.6) is 0 Å². The largest absolute Gasteiger partial charge is 0.465 e. The molecule has 0 aromatic carbocycles. The van der Waals surface area contributed by atoms with Crippen molar-refractivity contribution in [3.05, 3.63) is 23.7 Å². The Morgan fingerprint density at radius 1 is 1.27 bits per heavy atom. The number of hydrogen-bond acceptors (Lipinski definition) is 4. The molecule has 1 spiro atoms. The predicted molar refractivity (Wildman–Crippen MR) is 98.6 cm³/mol. The summed E-state index contributed by atoms with van der Waals surface area (Å²) in [6.07, 6.45) is 0.489. The lowest BCUT2D eigenvalue weighted by Gasteiger charge is -2.33. The molecule has 0 unspecified atom stereocenters. The van der Waals surface area contributed by atoms with E-state index in [0.717, 1.165) is 24.6 Å². The van der Waals surface area contributed by atoms with Crippen LogP contribution in [0.1, 0.15) is 31.8 Å². The van der Waals surface area contributed by atoms with Crippen molar-refractivity contribution in [3.63, 3.8) is 0 Å². The van der Waals surface area contributed by atoms with E-state index in [-0.39, 0.29) is 23.4 Å². The lowest BCUT2D eigenvalue weighted by atomic mass is 9.86. The number of urea groups is 1. The Morgan fingerprint density at radius 2 is 2.04 bits per heavy atom. The molecule has 7 nitrogen and oxygen atoms in total. The van der Waals surface area contributed by atoms with Gasteiger partial charge >= 0.3 is 6.03 Å². The fourth-order valence-electron chi connectivity index (χ4n) is 4.10. The van der Waals surface area contributed by atoms with Crippen LogP contribution in [-0.2, 0) is 11.3 Å². The molecule has 0 radical (unpaired) electrons. The summed E-state index contributed by atoms with van der Waals surface area (Å²) in [6.45, 7) is 10.1. The lowest BCUT2D eigenvalue weighted by molar-refractivity contribution is -0.126. The maximum absolute atomic E-state index is 12.6. The molecule has 2 saturated heterocycles. The molecule has 2 aliphatic heterocycles. The van der Waals surface area contributed by atoms with E-state index in [0.29, 0.717) is 32.6 Å². The molecule has 0 saturated carbocycles. The number of furan rings is 1. The van der Waals surface area contributed by atoms with Crippen LogP contribution >= 0.6 is 0 Å². The van der Waals surface area contributed by atoms with Gasteiger partial charge in [-0.2, -0.15) is 0 Å². The molecule has 7 heteroatoms. The first-order valence-corrected chi connectivity index (χ1v) is 9.33. The van der Waals surface area contributed by atoms with Crippen LogP contribution in [0.2, 0.25) is 0 Å². The summed E-state index contributed by atoms with van der Waals surface area (Å²) in [4.78, 5) is 30.8. The SMILES string of the molecule is Cc1ccc(CN2CCN(C(=O)NC(C)C)C[C@@]3(CC(=O)N(C)C3)C2)o1. The summed E-state index contributed by atoms with van der Waals surface area (Å²) in [5, 5.41) is 2.99. The molecule has 1 N–H and O–H groups in total. The fraction of sp³-hybridized carbons (Fsp3) is 0.684. The molecule has 1 aromatic heterocycles. The zero-order chi connectivity index (χ0) is 18.9. The Kier molecular flexibility index (Phi) is 5.27. The van der Waals surface area contributed by atoms with Gasteiger partial charge in [-0.25, -0.2) is 4.79 Å². The third-order valence-electron chi connectivity index (χ3n) is 5.17. The van der Waals surface area contributed by atoms with Gasteiger partial charge in [-0.1, -0.05) is 0 Å². The van der Waals surface area contributed by atoms with E-state index in [1.165, 1.54) is 0 Å². The number of rotatable bonds is 3. The van der Waals surface area contributed by atoms with Gasteiger partial charge in [0.1, 0.15) is 11.5 Å². The maximum Gasteiger partial charge on any atom is 0.317 e. The van der Waals surface area contributed by atoms with E-state index in [4.69, 9.17) is 4.42 Å². The molecule has 2 fully saturated rings. The van der Waals surface area contributed by atoms with Crippen LogP contribution in [0.3, 0.4) is 0 Å². The molecule has 144 valence electrons. The zero-order valence-corrected chi connectivity index (χ0v) is 16.2. The van der Waals surface area contributed by atoms with Gasteiger partial charge in [-0.3, -0.25) is 9.69 Å². The third kappa shape index (κ3) is 4.20. The topological polar surface area (TPSA) is 69.0 Å². The van der Waals surface area contributed by atoms with Crippen LogP contribution in [0.25, 0.3) is 0 Å². The number of nitrogens with zero attached hydrogens (tertiary/aromatic N) is 3. The Hall–Kier alpha value is -2.02. The van der Waals surface area contributed by atoms with Gasteiger partial charge in [0.2, 0.25) is 5.91 Å². The molecule has 26 heavy (non-hydrogen) atoms. The van der Waals surface area contributed by atoms with Crippen LogP contribution < -0.4 is 5.32 Å². The van der Waals surface area contributed by atoms with E-state index in [2.05, 4.69) is 10.2 Å². The number of likely N-dealkylation sites (tertiary alicyclic amines) is 1. The van der Waals surface area contributed by atoms with E-state index in [9.17, 15) is 9.59 Å². The van der Waals surface area contributed by atoms with Crippen LogP contribution in [0.4, 0.5) is 4.79 Å². The van der Waals surface area contributed by atoms with Gasteiger partial charge in [0.05, 0.1) is 6.54 Å². The third-order valence-corrected chi connectivity index (χ3v) is 5.17. The summed E-state index contributed by atoms with van der Waals surface area (Å²) in [7, 11) is 1.85. The molecule has 1 atom stereocenters. The Morgan fingerprint density at radius 3 is 2.62 bits per heavy atom. The Labute approximate surface area is 155 Å². The number of nitrogens with one attached hydrogen (secondary N) is 1. The highest BCUT2D eigenvalue weighted by Gasteiger charge is 2.46. The number of carbonyl (C=O) groups excluding carboxylic acids is 2. The monoisotopic (exact) mass is 362 g/mol. The number of hydrogen-bond donors (Lipinski definition) is 1. The fourth-order valence-corrected chi connectivity index (χ4v) is 4.10. The summed E-state index contributed by atoms with van der Waals surface area (Å²) in [5.41, 5.74) is -0.224. The standard InChI is InChI=1S/C19H30N4O3/c1-14(2)20-18(25)23-8-7-22(10-16-6-5-15(3)26-16)12-19(13-23)9-17(24)21(4)11-19/h5-6,14H,7-13H2,1-4H3,(H,20,25)/t19-/m1/s1. The van der Waals surface area contributed by atoms with E-state index in [1.54, 1.807) is 4.90 Å². The second kappa shape index (κ2) is 7.31. The van der Waals surface area contributed by atoms with Crippen molar-refractivity contribution in [1.29, 1.82) is 0 Å². The van der Waals surface area contributed by atoms with Gasteiger partial charge in [0.25, 0.3) is 0 Å². The second-order valence-electron chi connectivity index (χ2n) is 8.18. The summed E-state index contributed by atoms with van der Waals surface area (Å²) in [5.74, 6) is 1.98. The number of amides is 3. The van der Waals surface area contributed by atoms with Gasteiger partial charge < -0.3 is 19.5 Å². The average molecular weight is 362 g/mol. The molecule has 0 aliphatic carbocycles. The van der Waals surface area contributed by atoms with Crippen molar-refractivity contribution in [2.24, 2.45) is 5.41 Å². The summed E-state index contributed by atoms with van der Waals surface area (Å²) < 4.78 is 5.74. The highest BCUT2D eigenvalue weighted by atomic mass is 16.3. The van der Waals surface area contributed by atoms with Crippen LogP contribution in [-0.4, -0.2) is 72.5 Å². The predicted octanol–water partition coefficient (Wildman–Crippen LogP) is 1.67. The molecule has 1 aromatic rings. The van der Waals surface area contributed by atoms with Crippen molar-refractivity contribution in [1.82, 2.24) is 20.0 Å². The molecule has 3 rings (SSSR count). The van der Waals surface area contributed by atoms with Gasteiger partial charge in [-0.15, -0.1) is 0 Å². The smallest absolute Gasteiger partial charge is 0.317 e. The first-order valence-electron chi connectivity index (χ1n) is 9.33. The molecule has 3 amide bonds. The van der Waals surface area contributed by atoms with Crippen molar-refractivity contribution < 1.29 is 14.0 Å². The minimum atomic E-state index is -0.224. The van der Waals surface area contributed by atoms with Crippen molar-refractivity contribution in [2.45, 2.75) is 39.8 Å². The lowest BCUT2D eigenvalue weighted by Crippen LogP contribution is -2.48. The second-order valence-corrected chi connectivity index (χ2v) is 8.18. The van der Waals surface area contributed by atoms with Gasteiger partial charge in [0, 0.05) is 57.6 Å². The Balaban J connectivity index is 1.78. The Bertz CT molecular complexity index is 671. The quantitative estimate of drug-likeness (QED) is 0.888. The first kappa shape index (κ1) is 18.8. The highest BCUT2D eigenvalue weighted by Crippen LogP contribution is 2.35. The summed E-state index contributed by atoms with van der Waals surface area (Å²) >= 11 is 0. The van der Waals surface area contributed by atoms with Crippen molar-refractivity contribution in [3.8, 4) is 0 Å². The van der Waals surface area contributed by atoms with E-state index >= 15 is 0 Å². The molecular weight excluding hydrogens is 332 g/mol. The van der Waals surface area contributed by atoms with Crippen molar-refractivity contribution in [2.75, 3.05) is 39.8 Å². The van der Waals surface area contributed by atoms with E-state index in [1.807, 2.05) is 44.9 Å². The minimum absolute atomic E-state index is 0.0444. The summed E-state index contributed by atoms with van der Waals surface area (Å²) in [6, 6.07) is 4.02. The normalized spacial score (nSPS) is 24.6. The molecular formula is C19H30N4O3. The van der Waals surface area contributed by atoms with Gasteiger partial charge in [-0.05, 0) is 32.9 Å². The van der Waals surface area contributed by atoms with Crippen LogP contribution in [0.15, 0.2) is 16.5 Å². The molecule has 3 heterocycles. The zero-order valence-electron chi connectivity index (χ0n) is 16.2. The average Bonchev–Trinajstić information content (AvgIpc) is 2.99. The van der Waals surface area contributed by atoms with Gasteiger partial charge in [0.15, 0.2) is 0 Å². The number of aryl methyl sites for hydroxylation is 1. The number of carbonyl (C=O) groups is 2. The van der Waals surface area contributed by atoms with Crippen molar-refractivity contribution >= 4 is 11.9 Å².